The predicted molar refractivity (Wildman–Crippen MR) is 63.1 cm³/mol. The van der Waals surface area contributed by atoms with E-state index in [9.17, 15) is 4.79 Å². The highest BCUT2D eigenvalue weighted by Crippen LogP contribution is 2.24. The molecule has 1 aromatic rings. The molecule has 3 heteroatoms. The molecule has 1 aliphatic rings. The van der Waals surface area contributed by atoms with Crippen LogP contribution < -0.4 is 0 Å². The van der Waals surface area contributed by atoms with Crippen molar-refractivity contribution in [3.63, 3.8) is 0 Å². The number of nitrogens with zero attached hydrogens (tertiary/aromatic N) is 1. The zero-order valence-electron chi connectivity index (χ0n) is 8.69. The quantitative estimate of drug-likeness (QED) is 0.729. The molecule has 2 rings (SSSR count). The minimum atomic E-state index is 0.123. The molecule has 0 saturated carbocycles. The topological polar surface area (TPSA) is 30.0 Å². The van der Waals surface area contributed by atoms with E-state index in [-0.39, 0.29) is 5.78 Å². The second-order valence-corrected chi connectivity index (χ2v) is 4.31. The Bertz CT molecular complexity index is 429. The van der Waals surface area contributed by atoms with Crippen LogP contribution in [-0.2, 0) is 0 Å². The summed E-state index contributed by atoms with van der Waals surface area (Å²) < 4.78 is 0. The Morgan fingerprint density at radius 3 is 3.07 bits per heavy atom. The fraction of sp³-hybridized carbons (Fsp3) is 0.333. The standard InChI is InChI=1S/C12H13NOS/c1-2-11(14)10-8-15-12(13-10)9-6-4-3-5-7-9/h4,6-8H,2-3,5H2,1H3. The summed E-state index contributed by atoms with van der Waals surface area (Å²) in [4.78, 5) is 15.8. The molecule has 15 heavy (non-hydrogen) atoms. The highest BCUT2D eigenvalue weighted by molar-refractivity contribution is 7.11. The normalized spacial score (nSPS) is 15.1. The fourth-order valence-electron chi connectivity index (χ4n) is 1.49. The zero-order valence-corrected chi connectivity index (χ0v) is 9.51. The van der Waals surface area contributed by atoms with Crippen molar-refractivity contribution in [3.05, 3.63) is 34.3 Å². The third-order valence-electron chi connectivity index (χ3n) is 2.35. The van der Waals surface area contributed by atoms with Crippen molar-refractivity contribution in [1.82, 2.24) is 4.98 Å². The Labute approximate surface area is 93.4 Å². The van der Waals surface area contributed by atoms with Crippen molar-refractivity contribution in [1.29, 1.82) is 0 Å². The lowest BCUT2D eigenvalue weighted by molar-refractivity contribution is 0.0984. The van der Waals surface area contributed by atoms with Gasteiger partial charge in [-0.05, 0) is 12.8 Å². The number of hydrogen-bond donors (Lipinski definition) is 0. The summed E-state index contributed by atoms with van der Waals surface area (Å²) in [7, 11) is 0. The first-order valence-electron chi connectivity index (χ1n) is 5.17. The lowest BCUT2D eigenvalue weighted by atomic mass is 10.1. The number of allylic oxidation sites excluding steroid dienone is 4. The molecule has 0 fully saturated rings. The molecule has 1 aliphatic carbocycles. The average Bonchev–Trinajstić information content (AvgIpc) is 2.78. The molecule has 0 bridgehead atoms. The first-order valence-corrected chi connectivity index (χ1v) is 6.05. The van der Waals surface area contributed by atoms with Gasteiger partial charge in [0.25, 0.3) is 0 Å². The molecule has 0 radical (unpaired) electrons. The van der Waals surface area contributed by atoms with E-state index in [1.165, 1.54) is 0 Å². The lowest BCUT2D eigenvalue weighted by Gasteiger charge is -2.02. The van der Waals surface area contributed by atoms with Crippen LogP contribution in [0.5, 0.6) is 0 Å². The van der Waals surface area contributed by atoms with Crippen LogP contribution in [0.2, 0.25) is 0 Å². The summed E-state index contributed by atoms with van der Waals surface area (Å²) in [6, 6.07) is 0. The van der Waals surface area contributed by atoms with Crippen LogP contribution in [0.25, 0.3) is 5.57 Å². The minimum Gasteiger partial charge on any atom is -0.292 e. The molecule has 0 spiro atoms. The van der Waals surface area contributed by atoms with Gasteiger partial charge in [0, 0.05) is 17.4 Å². The lowest BCUT2D eigenvalue weighted by Crippen LogP contribution is -1.96. The van der Waals surface area contributed by atoms with Crippen LogP contribution in [-0.4, -0.2) is 10.8 Å². The van der Waals surface area contributed by atoms with Gasteiger partial charge in [-0.1, -0.05) is 25.2 Å². The van der Waals surface area contributed by atoms with E-state index in [1.807, 2.05) is 12.3 Å². The molecule has 0 amide bonds. The number of hydrogen-bond acceptors (Lipinski definition) is 3. The highest BCUT2D eigenvalue weighted by atomic mass is 32.1. The molecule has 2 nitrogen and oxygen atoms in total. The number of Topliss-reactive ketones (excluding diaryl/α,β-unsaturated/α-hetero) is 1. The Balaban J connectivity index is 2.23. The van der Waals surface area contributed by atoms with Crippen LogP contribution >= 0.6 is 11.3 Å². The molecule has 0 atom stereocenters. The molecule has 0 aromatic carbocycles. The van der Waals surface area contributed by atoms with E-state index in [0.29, 0.717) is 12.1 Å². The van der Waals surface area contributed by atoms with Crippen molar-refractivity contribution < 1.29 is 4.79 Å². The van der Waals surface area contributed by atoms with Gasteiger partial charge in [-0.2, -0.15) is 0 Å². The van der Waals surface area contributed by atoms with Crippen molar-refractivity contribution in [2.45, 2.75) is 26.2 Å². The van der Waals surface area contributed by atoms with E-state index in [0.717, 1.165) is 23.4 Å². The second kappa shape index (κ2) is 4.53. The van der Waals surface area contributed by atoms with Crippen molar-refractivity contribution in [3.8, 4) is 0 Å². The van der Waals surface area contributed by atoms with Gasteiger partial charge in [0.05, 0.1) is 0 Å². The summed E-state index contributed by atoms with van der Waals surface area (Å²) in [5.74, 6) is 0.123. The number of rotatable bonds is 3. The van der Waals surface area contributed by atoms with Crippen LogP contribution in [0.3, 0.4) is 0 Å². The summed E-state index contributed by atoms with van der Waals surface area (Å²) >= 11 is 1.55. The van der Waals surface area contributed by atoms with Gasteiger partial charge < -0.3 is 0 Å². The number of aromatic nitrogens is 1. The number of thiazole rings is 1. The number of ketones is 1. The van der Waals surface area contributed by atoms with Gasteiger partial charge in [0.1, 0.15) is 10.7 Å². The maximum Gasteiger partial charge on any atom is 0.181 e. The Kier molecular flexibility index (Phi) is 3.11. The van der Waals surface area contributed by atoms with Crippen LogP contribution in [0.15, 0.2) is 23.6 Å². The summed E-state index contributed by atoms with van der Waals surface area (Å²) in [5, 5.41) is 2.81. The Hall–Kier alpha value is -1.22. The molecule has 0 N–H and O–H groups in total. The molecule has 1 aromatic heterocycles. The summed E-state index contributed by atoms with van der Waals surface area (Å²) in [6.45, 7) is 1.86. The van der Waals surface area contributed by atoms with Gasteiger partial charge in [-0.15, -0.1) is 11.3 Å². The van der Waals surface area contributed by atoms with E-state index in [4.69, 9.17) is 0 Å². The SMILES string of the molecule is CCC(=O)c1csc(C2=CCCC=C2)n1. The smallest absolute Gasteiger partial charge is 0.181 e. The average molecular weight is 219 g/mol. The van der Waals surface area contributed by atoms with Crippen molar-refractivity contribution in [2.24, 2.45) is 0 Å². The molecule has 0 saturated heterocycles. The zero-order chi connectivity index (χ0) is 10.7. The van der Waals surface area contributed by atoms with Gasteiger partial charge >= 0.3 is 0 Å². The molecule has 78 valence electrons. The van der Waals surface area contributed by atoms with E-state index < -0.39 is 0 Å². The van der Waals surface area contributed by atoms with E-state index in [1.54, 1.807) is 11.3 Å². The molecule has 0 unspecified atom stereocenters. The largest absolute Gasteiger partial charge is 0.292 e. The van der Waals surface area contributed by atoms with E-state index >= 15 is 0 Å². The third kappa shape index (κ3) is 2.23. The van der Waals surface area contributed by atoms with Gasteiger partial charge in [-0.3, -0.25) is 4.79 Å². The van der Waals surface area contributed by atoms with Gasteiger partial charge in [0.2, 0.25) is 0 Å². The Morgan fingerprint density at radius 1 is 1.53 bits per heavy atom. The van der Waals surface area contributed by atoms with E-state index in [2.05, 4.69) is 23.2 Å². The van der Waals surface area contributed by atoms with Crippen LogP contribution in [0.1, 0.15) is 41.7 Å². The second-order valence-electron chi connectivity index (χ2n) is 3.45. The maximum absolute atomic E-state index is 11.4. The maximum atomic E-state index is 11.4. The predicted octanol–water partition coefficient (Wildman–Crippen LogP) is 3.47. The minimum absolute atomic E-state index is 0.123. The molecular weight excluding hydrogens is 206 g/mol. The number of carbonyl (C=O) groups is 1. The molecule has 1 heterocycles. The molecular formula is C12H13NOS. The summed E-state index contributed by atoms with van der Waals surface area (Å²) in [5.41, 5.74) is 1.76. The monoisotopic (exact) mass is 219 g/mol. The highest BCUT2D eigenvalue weighted by Gasteiger charge is 2.10. The van der Waals surface area contributed by atoms with Crippen LogP contribution in [0.4, 0.5) is 0 Å². The van der Waals surface area contributed by atoms with Crippen molar-refractivity contribution >= 4 is 22.7 Å². The Morgan fingerprint density at radius 2 is 2.40 bits per heavy atom. The van der Waals surface area contributed by atoms with Gasteiger partial charge in [-0.25, -0.2) is 4.98 Å². The van der Waals surface area contributed by atoms with Crippen molar-refractivity contribution in [2.75, 3.05) is 0 Å². The first-order chi connectivity index (χ1) is 7.31. The third-order valence-corrected chi connectivity index (χ3v) is 3.24. The number of carbonyl (C=O) groups excluding carboxylic acids is 1. The summed E-state index contributed by atoms with van der Waals surface area (Å²) in [6.07, 6.45) is 9.12. The first kappa shape index (κ1) is 10.3. The van der Waals surface area contributed by atoms with Crippen LogP contribution in [0, 0.1) is 0 Å². The fourth-order valence-corrected chi connectivity index (χ4v) is 2.33. The van der Waals surface area contributed by atoms with Gasteiger partial charge in [0.15, 0.2) is 5.78 Å². The molecule has 0 aliphatic heterocycles.